The molecule has 1 fully saturated rings. The normalized spacial score (nSPS) is 16.6. The Kier molecular flexibility index (Phi) is 3.14. The van der Waals surface area contributed by atoms with Crippen LogP contribution in [0.15, 0.2) is 41.1 Å². The molecule has 3 nitrogen and oxygen atoms in total. The summed E-state index contributed by atoms with van der Waals surface area (Å²) in [4.78, 5) is 8.80. The minimum Gasteiger partial charge on any atom is -0.321 e. The minimum absolute atomic E-state index is 0.00161. The number of benzene rings is 1. The van der Waals surface area contributed by atoms with Gasteiger partial charge in [-0.25, -0.2) is 9.97 Å². The molecule has 1 aliphatic rings. The number of nitrogens with two attached hydrogens (primary N) is 1. The number of hydrogen-bond acceptors (Lipinski definition) is 3. The van der Waals surface area contributed by atoms with Crippen LogP contribution in [0.5, 0.6) is 0 Å². The number of rotatable bonds is 3. The summed E-state index contributed by atoms with van der Waals surface area (Å²) in [7, 11) is 0. The van der Waals surface area contributed by atoms with E-state index in [4.69, 9.17) is 5.73 Å². The van der Waals surface area contributed by atoms with Crippen molar-refractivity contribution < 1.29 is 0 Å². The van der Waals surface area contributed by atoms with E-state index in [2.05, 4.69) is 25.9 Å². The maximum Gasteiger partial charge on any atom is 0.145 e. The molecule has 1 unspecified atom stereocenters. The van der Waals surface area contributed by atoms with Crippen molar-refractivity contribution in [1.29, 1.82) is 0 Å². The van der Waals surface area contributed by atoms with Crippen molar-refractivity contribution in [1.82, 2.24) is 9.97 Å². The maximum absolute atomic E-state index is 6.08. The molecule has 0 bridgehead atoms. The molecule has 0 saturated heterocycles. The van der Waals surface area contributed by atoms with Crippen LogP contribution in [-0.4, -0.2) is 9.97 Å². The van der Waals surface area contributed by atoms with Gasteiger partial charge < -0.3 is 5.73 Å². The van der Waals surface area contributed by atoms with Crippen LogP contribution in [0, 0.1) is 5.92 Å². The molecule has 2 aromatic rings. The van der Waals surface area contributed by atoms with E-state index in [0.717, 1.165) is 21.4 Å². The third-order valence-corrected chi connectivity index (χ3v) is 3.98. The molecule has 92 valence electrons. The molecule has 3 rings (SSSR count). The molecule has 4 heteroatoms. The smallest absolute Gasteiger partial charge is 0.145 e. The summed E-state index contributed by atoms with van der Waals surface area (Å²) < 4.78 is 1.05. The fraction of sp³-hybridized carbons (Fsp3) is 0.286. The molecule has 1 heterocycles. The first-order valence-electron chi connectivity index (χ1n) is 6.08. The highest BCUT2D eigenvalue weighted by atomic mass is 79.9. The van der Waals surface area contributed by atoms with Crippen molar-refractivity contribution in [2.75, 3.05) is 0 Å². The largest absolute Gasteiger partial charge is 0.321 e. The first-order valence-corrected chi connectivity index (χ1v) is 6.87. The Bertz CT molecular complexity index is 549. The molecule has 1 aromatic carbocycles. The summed E-state index contributed by atoms with van der Waals surface area (Å²) in [6.45, 7) is 0. The summed E-state index contributed by atoms with van der Waals surface area (Å²) in [6, 6.07) is 8.05. The summed E-state index contributed by atoms with van der Waals surface area (Å²) in [5.41, 5.74) is 8.19. The average molecular weight is 304 g/mol. The van der Waals surface area contributed by atoms with Crippen molar-refractivity contribution in [3.63, 3.8) is 0 Å². The van der Waals surface area contributed by atoms with Crippen molar-refractivity contribution in [3.8, 4) is 11.1 Å². The molecule has 1 saturated carbocycles. The van der Waals surface area contributed by atoms with Gasteiger partial charge in [-0.2, -0.15) is 0 Å². The molecule has 1 atom stereocenters. The van der Waals surface area contributed by atoms with E-state index in [1.54, 1.807) is 0 Å². The van der Waals surface area contributed by atoms with Crippen molar-refractivity contribution >= 4 is 15.9 Å². The fourth-order valence-corrected chi connectivity index (χ4v) is 2.52. The van der Waals surface area contributed by atoms with Crippen LogP contribution in [0.4, 0.5) is 0 Å². The van der Waals surface area contributed by atoms with Gasteiger partial charge >= 0.3 is 0 Å². The van der Waals surface area contributed by atoms with Gasteiger partial charge in [0.25, 0.3) is 0 Å². The predicted molar refractivity (Wildman–Crippen MR) is 74.8 cm³/mol. The van der Waals surface area contributed by atoms with Gasteiger partial charge in [-0.1, -0.05) is 34.1 Å². The Hall–Kier alpha value is -1.26. The standard InChI is InChI=1S/C14H14BrN3/c15-12-4-2-1-3-11(12)10-7-17-14(18-8-10)13(16)9-5-6-9/h1-4,7-9,13H,5-6,16H2. The first kappa shape index (κ1) is 11.8. The van der Waals surface area contributed by atoms with E-state index in [-0.39, 0.29) is 6.04 Å². The first-order chi connectivity index (χ1) is 8.75. The molecule has 2 N–H and O–H groups in total. The lowest BCUT2D eigenvalue weighted by Crippen LogP contribution is -2.15. The molecule has 1 aliphatic carbocycles. The molecular formula is C14H14BrN3. The maximum atomic E-state index is 6.08. The van der Waals surface area contributed by atoms with Gasteiger partial charge in [-0.3, -0.25) is 0 Å². The Morgan fingerprint density at radius 2 is 1.83 bits per heavy atom. The zero-order valence-electron chi connectivity index (χ0n) is 9.88. The second-order valence-electron chi connectivity index (χ2n) is 4.67. The third-order valence-electron chi connectivity index (χ3n) is 3.28. The Morgan fingerprint density at radius 3 is 2.44 bits per heavy atom. The second-order valence-corrected chi connectivity index (χ2v) is 5.53. The van der Waals surface area contributed by atoms with Gasteiger partial charge in [-0.15, -0.1) is 0 Å². The fourth-order valence-electron chi connectivity index (χ4n) is 2.01. The van der Waals surface area contributed by atoms with E-state index in [1.165, 1.54) is 12.8 Å². The molecule has 1 aromatic heterocycles. The van der Waals surface area contributed by atoms with Gasteiger partial charge in [0.05, 0.1) is 6.04 Å². The van der Waals surface area contributed by atoms with Crippen LogP contribution >= 0.6 is 15.9 Å². The summed E-state index contributed by atoms with van der Waals surface area (Å²) in [5.74, 6) is 1.34. The lowest BCUT2D eigenvalue weighted by molar-refractivity contribution is 0.593. The Balaban J connectivity index is 1.89. The molecule has 0 spiro atoms. The summed E-state index contributed by atoms with van der Waals surface area (Å²) >= 11 is 3.53. The van der Waals surface area contributed by atoms with Crippen molar-refractivity contribution in [2.45, 2.75) is 18.9 Å². The van der Waals surface area contributed by atoms with E-state index in [1.807, 2.05) is 36.7 Å². The molecule has 0 aliphatic heterocycles. The monoisotopic (exact) mass is 303 g/mol. The lowest BCUT2D eigenvalue weighted by atomic mass is 10.1. The molecule has 0 amide bonds. The molecule has 18 heavy (non-hydrogen) atoms. The SMILES string of the molecule is NC(c1ncc(-c2ccccc2Br)cn1)C1CC1. The van der Waals surface area contributed by atoms with Crippen molar-refractivity contribution in [3.05, 3.63) is 47.0 Å². The summed E-state index contributed by atoms with van der Waals surface area (Å²) in [5, 5.41) is 0. The highest BCUT2D eigenvalue weighted by molar-refractivity contribution is 9.10. The van der Waals surface area contributed by atoms with Crippen LogP contribution in [0.25, 0.3) is 11.1 Å². The number of nitrogens with zero attached hydrogens (tertiary/aromatic N) is 2. The quantitative estimate of drug-likeness (QED) is 0.946. The van der Waals surface area contributed by atoms with Crippen LogP contribution in [-0.2, 0) is 0 Å². The van der Waals surface area contributed by atoms with Gasteiger partial charge in [0, 0.05) is 22.4 Å². The van der Waals surface area contributed by atoms with Crippen LogP contribution in [0.3, 0.4) is 0 Å². The van der Waals surface area contributed by atoms with Gasteiger partial charge in [0.15, 0.2) is 0 Å². The topological polar surface area (TPSA) is 51.8 Å². The van der Waals surface area contributed by atoms with E-state index in [0.29, 0.717) is 5.92 Å². The Labute approximate surface area is 115 Å². The van der Waals surface area contributed by atoms with Crippen molar-refractivity contribution in [2.24, 2.45) is 11.7 Å². The van der Waals surface area contributed by atoms with Gasteiger partial charge in [0.2, 0.25) is 0 Å². The highest BCUT2D eigenvalue weighted by Gasteiger charge is 2.31. The summed E-state index contributed by atoms with van der Waals surface area (Å²) in [6.07, 6.45) is 6.11. The number of hydrogen-bond donors (Lipinski definition) is 1. The van der Waals surface area contributed by atoms with Crippen LogP contribution in [0.1, 0.15) is 24.7 Å². The van der Waals surface area contributed by atoms with Gasteiger partial charge in [0.1, 0.15) is 5.82 Å². The van der Waals surface area contributed by atoms with E-state index < -0.39 is 0 Å². The van der Waals surface area contributed by atoms with E-state index >= 15 is 0 Å². The average Bonchev–Trinajstić information content (AvgIpc) is 3.23. The zero-order valence-corrected chi connectivity index (χ0v) is 11.5. The highest BCUT2D eigenvalue weighted by Crippen LogP contribution is 2.38. The lowest BCUT2D eigenvalue weighted by Gasteiger charge is -2.09. The van der Waals surface area contributed by atoms with Gasteiger partial charge in [-0.05, 0) is 30.4 Å². The third kappa shape index (κ3) is 2.31. The molecular weight excluding hydrogens is 290 g/mol. The Morgan fingerprint density at radius 1 is 1.17 bits per heavy atom. The predicted octanol–water partition coefficient (Wildman–Crippen LogP) is 3.32. The van der Waals surface area contributed by atoms with E-state index in [9.17, 15) is 0 Å². The number of halogens is 1. The number of aromatic nitrogens is 2. The molecule has 0 radical (unpaired) electrons. The zero-order chi connectivity index (χ0) is 12.5. The van der Waals surface area contributed by atoms with Crippen LogP contribution < -0.4 is 5.73 Å². The minimum atomic E-state index is -0.00161. The van der Waals surface area contributed by atoms with Crippen LogP contribution in [0.2, 0.25) is 0 Å². The second kappa shape index (κ2) is 4.78.